The minimum absolute atomic E-state index is 0.592. The van der Waals surface area contributed by atoms with E-state index in [2.05, 4.69) is 182 Å². The van der Waals surface area contributed by atoms with Crippen LogP contribution < -0.4 is 0 Å². The summed E-state index contributed by atoms with van der Waals surface area (Å²) in [6, 6.07) is 82.8. The number of hydrogen-bond acceptors (Lipinski definition) is 4. The summed E-state index contributed by atoms with van der Waals surface area (Å²) in [5, 5.41) is 12.7. The molecule has 66 heavy (non-hydrogen) atoms. The van der Waals surface area contributed by atoms with Gasteiger partial charge in [-0.15, -0.1) is 0 Å². The van der Waals surface area contributed by atoms with Crippen molar-refractivity contribution < 1.29 is 0 Å². The highest BCUT2D eigenvalue weighted by Crippen LogP contribution is 2.48. The SMILES string of the molecule is N#Cc1ccc(-c2cccc(-c3ccccc3-c3nc(-c4ccccc4)nc(-c4cccc(-c5ccccc5)c4)n3)c2)c(-c2ccc(-c3ccc4c(c3)-c3cccc5cccc-4c35)cc2)c1. The highest BCUT2D eigenvalue weighted by molar-refractivity contribution is 6.15. The monoisotopic (exact) mass is 838 g/mol. The lowest BCUT2D eigenvalue weighted by Gasteiger charge is -2.15. The van der Waals surface area contributed by atoms with E-state index in [4.69, 9.17) is 15.0 Å². The van der Waals surface area contributed by atoms with Gasteiger partial charge in [0.05, 0.1) is 11.6 Å². The van der Waals surface area contributed by atoms with E-state index < -0.39 is 0 Å². The van der Waals surface area contributed by atoms with Crippen LogP contribution in [0.4, 0.5) is 0 Å². The first kappa shape index (κ1) is 38.6. The number of benzene rings is 10. The first-order valence-electron chi connectivity index (χ1n) is 22.1. The Labute approximate surface area is 383 Å². The molecule has 306 valence electrons. The van der Waals surface area contributed by atoms with E-state index in [1.807, 2.05) is 54.6 Å². The molecule has 4 heteroatoms. The molecular weight excluding hydrogens is 801 g/mol. The van der Waals surface area contributed by atoms with Gasteiger partial charge in [-0.1, -0.05) is 200 Å². The lowest BCUT2D eigenvalue weighted by molar-refractivity contribution is 1.07. The fraction of sp³-hybridized carbons (Fsp3) is 0. The second-order valence-corrected chi connectivity index (χ2v) is 16.7. The zero-order chi connectivity index (χ0) is 44.0. The number of nitriles is 1. The van der Waals surface area contributed by atoms with Gasteiger partial charge in [-0.05, 0) is 119 Å². The molecule has 10 aromatic carbocycles. The summed E-state index contributed by atoms with van der Waals surface area (Å²) < 4.78 is 0. The average Bonchev–Trinajstić information content (AvgIpc) is 3.73. The fourth-order valence-electron chi connectivity index (χ4n) is 9.51. The van der Waals surface area contributed by atoms with E-state index in [0.717, 1.165) is 66.8 Å². The number of fused-ring (bicyclic) bond motifs is 3. The zero-order valence-electron chi connectivity index (χ0n) is 35.7. The predicted molar refractivity (Wildman–Crippen MR) is 270 cm³/mol. The summed E-state index contributed by atoms with van der Waals surface area (Å²) in [6.07, 6.45) is 0. The van der Waals surface area contributed by atoms with Crippen molar-refractivity contribution in [2.75, 3.05) is 0 Å². The number of aromatic nitrogens is 3. The Balaban J connectivity index is 0.915. The molecule has 0 unspecified atom stereocenters. The van der Waals surface area contributed by atoms with E-state index in [9.17, 15) is 5.26 Å². The van der Waals surface area contributed by atoms with E-state index in [1.165, 1.54) is 38.6 Å². The smallest absolute Gasteiger partial charge is 0.164 e. The predicted octanol–water partition coefficient (Wildman–Crippen LogP) is 15.9. The van der Waals surface area contributed by atoms with Gasteiger partial charge >= 0.3 is 0 Å². The van der Waals surface area contributed by atoms with Crippen LogP contribution in [-0.2, 0) is 0 Å². The summed E-state index contributed by atoms with van der Waals surface area (Å²) in [5.41, 5.74) is 19.2. The van der Waals surface area contributed by atoms with Crippen LogP contribution >= 0.6 is 0 Å². The Morgan fingerprint density at radius 3 is 1.45 bits per heavy atom. The van der Waals surface area contributed by atoms with Crippen LogP contribution in [0.25, 0.3) is 123 Å². The van der Waals surface area contributed by atoms with Crippen molar-refractivity contribution in [2.24, 2.45) is 0 Å². The Morgan fingerprint density at radius 1 is 0.258 bits per heavy atom. The first-order chi connectivity index (χ1) is 32.6. The maximum absolute atomic E-state index is 10.1. The largest absolute Gasteiger partial charge is 0.208 e. The lowest BCUT2D eigenvalue weighted by Crippen LogP contribution is -2.01. The van der Waals surface area contributed by atoms with Gasteiger partial charge in [0.15, 0.2) is 17.5 Å². The topological polar surface area (TPSA) is 62.5 Å². The van der Waals surface area contributed by atoms with Crippen molar-refractivity contribution in [3.63, 3.8) is 0 Å². The summed E-state index contributed by atoms with van der Waals surface area (Å²) in [7, 11) is 0. The lowest BCUT2D eigenvalue weighted by atomic mass is 9.89. The van der Waals surface area contributed by atoms with Gasteiger partial charge < -0.3 is 0 Å². The summed E-state index contributed by atoms with van der Waals surface area (Å²) in [6.45, 7) is 0. The molecule has 4 nitrogen and oxygen atoms in total. The van der Waals surface area contributed by atoms with Crippen molar-refractivity contribution in [3.05, 3.63) is 236 Å². The third-order valence-corrected chi connectivity index (χ3v) is 12.7. The maximum Gasteiger partial charge on any atom is 0.164 e. The van der Waals surface area contributed by atoms with E-state index >= 15 is 0 Å². The van der Waals surface area contributed by atoms with Gasteiger partial charge in [0, 0.05) is 16.7 Å². The fourth-order valence-corrected chi connectivity index (χ4v) is 9.51. The van der Waals surface area contributed by atoms with Crippen LogP contribution in [0.5, 0.6) is 0 Å². The minimum atomic E-state index is 0.592. The summed E-state index contributed by atoms with van der Waals surface area (Å²) in [4.78, 5) is 15.4. The van der Waals surface area contributed by atoms with E-state index in [-0.39, 0.29) is 0 Å². The third-order valence-electron chi connectivity index (χ3n) is 12.7. The molecule has 1 aliphatic carbocycles. The zero-order valence-corrected chi connectivity index (χ0v) is 35.7. The third kappa shape index (κ3) is 6.93. The second kappa shape index (κ2) is 16.3. The van der Waals surface area contributed by atoms with E-state index in [1.54, 1.807) is 0 Å². The van der Waals surface area contributed by atoms with E-state index in [0.29, 0.717) is 23.0 Å². The van der Waals surface area contributed by atoms with Crippen molar-refractivity contribution >= 4 is 10.8 Å². The molecule has 0 saturated carbocycles. The van der Waals surface area contributed by atoms with Crippen molar-refractivity contribution in [1.82, 2.24) is 15.0 Å². The molecule has 12 rings (SSSR count). The van der Waals surface area contributed by atoms with Crippen molar-refractivity contribution in [2.45, 2.75) is 0 Å². The Kier molecular flexibility index (Phi) is 9.51. The molecule has 0 N–H and O–H groups in total. The number of hydrogen-bond donors (Lipinski definition) is 0. The molecule has 0 fully saturated rings. The van der Waals surface area contributed by atoms with Gasteiger partial charge in [-0.3, -0.25) is 0 Å². The normalized spacial score (nSPS) is 11.3. The molecule has 1 aromatic heterocycles. The molecule has 11 aromatic rings. The molecule has 0 radical (unpaired) electrons. The molecule has 1 heterocycles. The number of nitrogens with zero attached hydrogens (tertiary/aromatic N) is 4. The quantitative estimate of drug-likeness (QED) is 0.153. The van der Waals surface area contributed by atoms with Crippen LogP contribution in [0.1, 0.15) is 5.56 Å². The molecule has 0 aliphatic heterocycles. The minimum Gasteiger partial charge on any atom is -0.208 e. The van der Waals surface area contributed by atoms with Gasteiger partial charge in [0.2, 0.25) is 0 Å². The summed E-state index contributed by atoms with van der Waals surface area (Å²) in [5.74, 6) is 1.80. The second-order valence-electron chi connectivity index (χ2n) is 16.7. The van der Waals surface area contributed by atoms with Crippen LogP contribution in [-0.4, -0.2) is 15.0 Å². The van der Waals surface area contributed by atoms with Crippen LogP contribution in [0.2, 0.25) is 0 Å². The standard InChI is InChI=1S/C62H38N4/c63-39-40-27-33-52(57(35-40)43-30-28-42(29-31-43)47-32-34-53-54-25-11-17-44-18-12-26-55(59(44)54)58(53)38-47)49-21-10-20-48(37-49)51-23-7-8-24-56(51)62-65-60(45-15-5-2-6-16-45)64-61(66-62)50-22-9-19-46(36-50)41-13-3-1-4-14-41/h1-38H. The first-order valence-corrected chi connectivity index (χ1v) is 22.1. The summed E-state index contributed by atoms with van der Waals surface area (Å²) >= 11 is 0. The van der Waals surface area contributed by atoms with Crippen LogP contribution in [0.15, 0.2) is 231 Å². The molecule has 0 saturated heterocycles. The Morgan fingerprint density at radius 2 is 0.727 bits per heavy atom. The van der Waals surface area contributed by atoms with Gasteiger partial charge in [-0.25, -0.2) is 15.0 Å². The van der Waals surface area contributed by atoms with Gasteiger partial charge in [0.25, 0.3) is 0 Å². The van der Waals surface area contributed by atoms with Crippen LogP contribution in [0, 0.1) is 11.3 Å². The van der Waals surface area contributed by atoms with Gasteiger partial charge in [0.1, 0.15) is 0 Å². The molecule has 1 aliphatic rings. The average molecular weight is 839 g/mol. The highest BCUT2D eigenvalue weighted by Gasteiger charge is 2.22. The molecule has 0 atom stereocenters. The molecular formula is C62H38N4. The number of rotatable bonds is 8. The Hall–Kier alpha value is -9.04. The maximum atomic E-state index is 10.1. The molecule has 0 bridgehead atoms. The molecule has 0 spiro atoms. The molecule has 0 amide bonds. The highest BCUT2D eigenvalue weighted by atomic mass is 15.0. The van der Waals surface area contributed by atoms with Crippen molar-refractivity contribution in [3.8, 4) is 118 Å². The van der Waals surface area contributed by atoms with Crippen molar-refractivity contribution in [1.29, 1.82) is 5.26 Å². The Bertz CT molecular complexity index is 3690. The van der Waals surface area contributed by atoms with Gasteiger partial charge in [-0.2, -0.15) is 5.26 Å². The van der Waals surface area contributed by atoms with Crippen LogP contribution in [0.3, 0.4) is 0 Å².